The minimum atomic E-state index is -0.446. The van der Waals surface area contributed by atoms with E-state index in [1.54, 1.807) is 12.3 Å². The fourth-order valence-corrected chi connectivity index (χ4v) is 0.914. The zero-order valence-corrected chi connectivity index (χ0v) is 7.48. The van der Waals surface area contributed by atoms with Crippen molar-refractivity contribution in [3.05, 3.63) is 24.0 Å². The van der Waals surface area contributed by atoms with Gasteiger partial charge in [-0.1, -0.05) is 4.68 Å². The Bertz CT molecular complexity index is 325. The van der Waals surface area contributed by atoms with Gasteiger partial charge in [-0.3, -0.25) is 0 Å². The van der Waals surface area contributed by atoms with Gasteiger partial charge in [0.05, 0.1) is 14.2 Å². The highest BCUT2D eigenvalue weighted by Gasteiger charge is 2.12. The molecule has 0 aliphatic carbocycles. The second kappa shape index (κ2) is 3.75. The third kappa shape index (κ3) is 2.08. The summed E-state index contributed by atoms with van der Waals surface area (Å²) in [7, 11) is 2.80. The van der Waals surface area contributed by atoms with Crippen LogP contribution in [-0.4, -0.2) is 20.2 Å². The Hall–Kier alpha value is -1.78. The van der Waals surface area contributed by atoms with E-state index in [1.807, 2.05) is 0 Å². The van der Waals surface area contributed by atoms with Gasteiger partial charge in [-0.25, -0.2) is 10.6 Å². The predicted molar refractivity (Wildman–Crippen MR) is 44.7 cm³/mol. The number of pyridine rings is 1. The first-order valence-corrected chi connectivity index (χ1v) is 3.61. The molecule has 5 heteroatoms. The number of carbonyl (C=O) groups is 1. The molecule has 0 unspecified atom stereocenters. The number of ether oxygens (including phenoxy) is 2. The van der Waals surface area contributed by atoms with Gasteiger partial charge in [0.2, 0.25) is 12.4 Å². The van der Waals surface area contributed by atoms with Crippen LogP contribution in [0.15, 0.2) is 18.5 Å². The first-order chi connectivity index (χ1) is 6.17. The van der Waals surface area contributed by atoms with Crippen LogP contribution in [0, 0.1) is 0 Å². The van der Waals surface area contributed by atoms with Crippen LogP contribution in [0.5, 0.6) is 5.75 Å². The Labute approximate surface area is 75.7 Å². The molecule has 0 aliphatic rings. The Morgan fingerprint density at radius 2 is 2.15 bits per heavy atom. The zero-order valence-electron chi connectivity index (χ0n) is 7.48. The van der Waals surface area contributed by atoms with E-state index < -0.39 is 5.97 Å². The van der Waals surface area contributed by atoms with Crippen molar-refractivity contribution >= 4 is 5.97 Å². The Balaban J connectivity index is 3.08. The van der Waals surface area contributed by atoms with E-state index in [0.29, 0.717) is 11.3 Å². The summed E-state index contributed by atoms with van der Waals surface area (Å²) >= 11 is 0. The summed E-state index contributed by atoms with van der Waals surface area (Å²) < 4.78 is 10.7. The highest BCUT2D eigenvalue weighted by atomic mass is 16.5. The molecule has 1 heterocycles. The summed E-state index contributed by atoms with van der Waals surface area (Å²) in [6.07, 6.45) is 3.00. The quantitative estimate of drug-likeness (QED) is 0.381. The molecule has 70 valence electrons. The largest absolute Gasteiger partial charge is 0.491 e. The fourth-order valence-electron chi connectivity index (χ4n) is 0.914. The van der Waals surface area contributed by atoms with Gasteiger partial charge in [-0.05, 0) is 0 Å². The predicted octanol–water partition coefficient (Wildman–Crippen LogP) is -0.517. The maximum atomic E-state index is 11.1. The highest BCUT2D eigenvalue weighted by molar-refractivity contribution is 5.88. The molecular weight excluding hydrogens is 172 g/mol. The summed E-state index contributed by atoms with van der Waals surface area (Å²) in [6, 6.07) is 1.55. The Kier molecular flexibility index (Phi) is 2.69. The molecule has 0 saturated carbocycles. The van der Waals surface area contributed by atoms with Gasteiger partial charge in [0.1, 0.15) is 5.56 Å². The first kappa shape index (κ1) is 9.31. The maximum Gasteiger partial charge on any atom is 0.344 e. The smallest absolute Gasteiger partial charge is 0.344 e. The molecule has 0 bridgehead atoms. The van der Waals surface area contributed by atoms with Gasteiger partial charge in [0.25, 0.3) is 0 Å². The average molecular weight is 183 g/mol. The van der Waals surface area contributed by atoms with Crippen LogP contribution in [0.1, 0.15) is 10.4 Å². The summed E-state index contributed by atoms with van der Waals surface area (Å²) in [5.41, 5.74) is 0.351. The van der Waals surface area contributed by atoms with Crippen LogP contribution < -0.4 is 15.3 Å². The molecule has 5 nitrogen and oxygen atoms in total. The zero-order chi connectivity index (χ0) is 9.84. The molecule has 0 fully saturated rings. The molecule has 0 atom stereocenters. The van der Waals surface area contributed by atoms with E-state index in [1.165, 1.54) is 25.1 Å². The van der Waals surface area contributed by atoms with E-state index >= 15 is 0 Å². The van der Waals surface area contributed by atoms with Crippen molar-refractivity contribution in [3.8, 4) is 5.75 Å². The summed E-state index contributed by atoms with van der Waals surface area (Å²) in [6.45, 7) is 0. The summed E-state index contributed by atoms with van der Waals surface area (Å²) in [4.78, 5) is 11.1. The number of methoxy groups -OCH3 is 2. The molecule has 2 N–H and O–H groups in total. The minimum absolute atomic E-state index is 0.351. The van der Waals surface area contributed by atoms with Crippen molar-refractivity contribution in [3.63, 3.8) is 0 Å². The second-order valence-corrected chi connectivity index (χ2v) is 2.40. The number of hydrogen-bond donors (Lipinski definition) is 1. The lowest BCUT2D eigenvalue weighted by Crippen LogP contribution is -2.44. The van der Waals surface area contributed by atoms with E-state index in [0.717, 1.165) is 0 Å². The maximum absolute atomic E-state index is 11.1. The normalized spacial score (nSPS) is 9.38. The van der Waals surface area contributed by atoms with Crippen molar-refractivity contribution in [1.82, 2.24) is 0 Å². The number of nitrogens with two attached hydrogens (primary N) is 1. The first-order valence-electron chi connectivity index (χ1n) is 3.61. The van der Waals surface area contributed by atoms with E-state index in [2.05, 4.69) is 4.74 Å². The van der Waals surface area contributed by atoms with Gasteiger partial charge in [0, 0.05) is 6.07 Å². The van der Waals surface area contributed by atoms with Gasteiger partial charge < -0.3 is 9.47 Å². The van der Waals surface area contributed by atoms with Gasteiger partial charge in [-0.2, -0.15) is 0 Å². The molecule has 1 aromatic heterocycles. The summed E-state index contributed by atoms with van der Waals surface area (Å²) in [5, 5.41) is 0. The van der Waals surface area contributed by atoms with Crippen LogP contribution in [-0.2, 0) is 4.74 Å². The number of hydrogen-bond acceptors (Lipinski definition) is 4. The fraction of sp³-hybridized carbons (Fsp3) is 0.250. The molecule has 0 saturated heterocycles. The van der Waals surface area contributed by atoms with E-state index in [9.17, 15) is 4.79 Å². The van der Waals surface area contributed by atoms with Crippen molar-refractivity contribution < 1.29 is 18.9 Å². The number of carbonyl (C=O) groups excluding carboxylic acids is 1. The lowest BCUT2D eigenvalue weighted by atomic mass is 10.3. The molecule has 0 aliphatic heterocycles. The standard InChI is InChI=1S/C8H11N2O3/c1-12-7-3-6(8(11)13-2)4-10(9)5-7/h3-5H,9H2,1-2H3/q+1. The molecule has 0 amide bonds. The van der Waals surface area contributed by atoms with E-state index in [-0.39, 0.29) is 0 Å². The van der Waals surface area contributed by atoms with E-state index in [4.69, 9.17) is 10.6 Å². The van der Waals surface area contributed by atoms with Crippen LogP contribution in [0.4, 0.5) is 0 Å². The molecule has 0 radical (unpaired) electrons. The highest BCUT2D eigenvalue weighted by Crippen LogP contribution is 2.09. The van der Waals surface area contributed by atoms with Crippen molar-refractivity contribution in [1.29, 1.82) is 0 Å². The number of nitrogens with zero attached hydrogens (tertiary/aromatic N) is 1. The minimum Gasteiger partial charge on any atom is -0.491 e. The van der Waals surface area contributed by atoms with Crippen molar-refractivity contribution in [2.75, 3.05) is 20.1 Å². The van der Waals surface area contributed by atoms with Crippen LogP contribution >= 0.6 is 0 Å². The Morgan fingerprint density at radius 1 is 1.46 bits per heavy atom. The molecular formula is C8H11N2O3+. The van der Waals surface area contributed by atoms with Crippen LogP contribution in [0.2, 0.25) is 0 Å². The van der Waals surface area contributed by atoms with Gasteiger partial charge >= 0.3 is 5.97 Å². The van der Waals surface area contributed by atoms with Gasteiger partial charge in [-0.15, -0.1) is 0 Å². The molecule has 0 aromatic carbocycles. The van der Waals surface area contributed by atoms with Crippen molar-refractivity contribution in [2.45, 2.75) is 0 Å². The average Bonchev–Trinajstić information content (AvgIpc) is 2.15. The lowest BCUT2D eigenvalue weighted by molar-refractivity contribution is -0.639. The molecule has 1 rings (SSSR count). The topological polar surface area (TPSA) is 65.4 Å². The van der Waals surface area contributed by atoms with Crippen molar-refractivity contribution in [2.24, 2.45) is 0 Å². The third-order valence-electron chi connectivity index (χ3n) is 1.52. The molecule has 13 heavy (non-hydrogen) atoms. The Morgan fingerprint density at radius 3 is 2.69 bits per heavy atom. The van der Waals surface area contributed by atoms with Crippen LogP contribution in [0.25, 0.3) is 0 Å². The number of rotatable bonds is 2. The summed E-state index contributed by atoms with van der Waals surface area (Å²) in [5.74, 6) is 5.52. The molecule has 0 spiro atoms. The number of nitrogen functional groups attached to an aromatic ring is 1. The lowest BCUT2D eigenvalue weighted by Gasteiger charge is -1.99. The number of esters is 1. The third-order valence-corrected chi connectivity index (χ3v) is 1.52. The number of aromatic nitrogens is 1. The van der Waals surface area contributed by atoms with Crippen LogP contribution in [0.3, 0.4) is 0 Å². The SMILES string of the molecule is COC(=O)c1cc(OC)c[n+](N)c1. The van der Waals surface area contributed by atoms with Gasteiger partial charge in [0.15, 0.2) is 5.75 Å². The molecule has 1 aromatic rings. The second-order valence-electron chi connectivity index (χ2n) is 2.40. The monoisotopic (exact) mass is 183 g/mol.